The second-order valence-corrected chi connectivity index (χ2v) is 21.4. The quantitative estimate of drug-likeness (QED) is 0.0188. The number of esters is 2. The number of hydrogen-bond acceptors (Lipinski definition) is 21. The van der Waals surface area contributed by atoms with E-state index >= 15 is 0 Å². The fraction of sp³-hybridized carbons (Fsp3) is 0.326. The monoisotopic (exact) mass is 1160 g/mol. The Morgan fingerprint density at radius 1 is 0.817 bits per heavy atom. The Bertz CT molecular complexity index is 2670. The van der Waals surface area contributed by atoms with Gasteiger partial charge in [-0.05, 0) is 74.3 Å². The lowest BCUT2D eigenvalue weighted by Crippen LogP contribution is -2.46. The van der Waals surface area contributed by atoms with Gasteiger partial charge in [-0.3, -0.25) is 33.4 Å². The number of amides is 3. The number of ether oxygens (including phenoxy) is 4. The number of aromatic nitrogens is 4. The number of nitrogens with zero attached hydrogens (tertiary/aromatic N) is 6. The zero-order valence-electron chi connectivity index (χ0n) is 38.0. The highest BCUT2D eigenvalue weighted by atomic mass is 127. The first-order valence-corrected chi connectivity index (χ1v) is 27.4. The Kier molecular flexibility index (Phi) is 21.4. The van der Waals surface area contributed by atoms with Crippen LogP contribution in [0.25, 0.3) is 23.3 Å². The van der Waals surface area contributed by atoms with E-state index in [0.29, 0.717) is 57.1 Å². The SMILES string of the molecule is CC(=O)OCCSSCCOC(=O)N(C)C(=O)[C@H]1O[C@@H](n2cnc3c(NCc4cccc(I)c4)ncnc32)[C@H](O)[C@@H]1O.O=C(CC(=O)N1c2ccccc2C=Cc2ccccc21)OCCSSC(=O)CO. The van der Waals surface area contributed by atoms with Crippen LogP contribution in [0.5, 0.6) is 0 Å². The number of halogens is 1. The Balaban J connectivity index is 0.000000249. The minimum absolute atomic E-state index is 0.0294. The van der Waals surface area contributed by atoms with Crippen molar-refractivity contribution in [2.24, 2.45) is 0 Å². The summed E-state index contributed by atoms with van der Waals surface area (Å²) in [6.45, 7) is 1.69. The van der Waals surface area contributed by atoms with Gasteiger partial charge in [0, 0.05) is 41.3 Å². The van der Waals surface area contributed by atoms with Crippen molar-refractivity contribution >= 4 is 141 Å². The normalized spacial score (nSPS) is 16.7. The highest BCUT2D eigenvalue weighted by Gasteiger charge is 2.49. The maximum atomic E-state index is 13.0. The van der Waals surface area contributed by atoms with Crippen molar-refractivity contribution < 1.29 is 63.0 Å². The number of fused-ring (bicyclic) bond motifs is 3. The Morgan fingerprint density at radius 3 is 2.13 bits per heavy atom. The lowest BCUT2D eigenvalue weighted by Gasteiger charge is -2.24. The van der Waals surface area contributed by atoms with Gasteiger partial charge < -0.3 is 39.6 Å². The molecule has 0 spiro atoms. The molecule has 376 valence electrons. The second kappa shape index (κ2) is 27.5. The Morgan fingerprint density at radius 2 is 1.46 bits per heavy atom. The van der Waals surface area contributed by atoms with E-state index in [1.54, 1.807) is 4.90 Å². The third kappa shape index (κ3) is 15.4. The zero-order chi connectivity index (χ0) is 50.9. The predicted octanol–water partition coefficient (Wildman–Crippen LogP) is 5.87. The van der Waals surface area contributed by atoms with Gasteiger partial charge in [0.25, 0.3) is 5.91 Å². The van der Waals surface area contributed by atoms with Crippen LogP contribution in [-0.2, 0) is 49.5 Å². The number of para-hydroxylation sites is 2. The first-order valence-electron chi connectivity index (χ1n) is 21.5. The van der Waals surface area contributed by atoms with Gasteiger partial charge in [0.1, 0.15) is 51.4 Å². The molecule has 4 atom stereocenters. The largest absolute Gasteiger partial charge is 0.465 e. The summed E-state index contributed by atoms with van der Waals surface area (Å²) >= 11 is 2.24. The zero-order valence-corrected chi connectivity index (χ0v) is 43.5. The molecule has 20 nitrogen and oxygen atoms in total. The second-order valence-electron chi connectivity index (χ2n) is 15.0. The van der Waals surface area contributed by atoms with E-state index in [9.17, 15) is 39.0 Å². The van der Waals surface area contributed by atoms with Gasteiger partial charge >= 0.3 is 18.0 Å². The van der Waals surface area contributed by atoms with Gasteiger partial charge in [0.05, 0.1) is 17.7 Å². The van der Waals surface area contributed by atoms with E-state index in [1.807, 2.05) is 84.9 Å². The number of nitrogens with one attached hydrogen (secondary N) is 1. The summed E-state index contributed by atoms with van der Waals surface area (Å²) in [4.78, 5) is 87.5. The van der Waals surface area contributed by atoms with E-state index in [0.717, 1.165) is 31.1 Å². The van der Waals surface area contributed by atoms with Crippen molar-refractivity contribution in [2.75, 3.05) is 61.0 Å². The number of anilines is 3. The predicted molar refractivity (Wildman–Crippen MR) is 280 cm³/mol. The Labute approximate surface area is 436 Å². The summed E-state index contributed by atoms with van der Waals surface area (Å²) in [5.41, 5.74) is 4.95. The average Bonchev–Trinajstić information content (AvgIpc) is 3.87. The number of rotatable bonds is 19. The number of likely N-dealkylation sites (N-methyl/N-ethyl adjacent to an activating group) is 1. The summed E-state index contributed by atoms with van der Waals surface area (Å²) in [6, 6.07) is 23.0. The van der Waals surface area contributed by atoms with Crippen molar-refractivity contribution in [3.63, 3.8) is 0 Å². The average molecular weight is 1160 g/mol. The molecule has 3 aromatic carbocycles. The fourth-order valence-corrected chi connectivity index (χ4v) is 10.5. The van der Waals surface area contributed by atoms with Crippen LogP contribution in [0.3, 0.4) is 0 Å². The Hall–Kier alpha value is -5.26. The molecule has 0 radical (unpaired) electrons. The molecule has 0 bridgehead atoms. The molecule has 1 fully saturated rings. The molecular formula is C46H48IN7O13S4. The van der Waals surface area contributed by atoms with Crippen LogP contribution < -0.4 is 10.2 Å². The lowest BCUT2D eigenvalue weighted by molar-refractivity contribution is -0.146. The van der Waals surface area contributed by atoms with Crippen LogP contribution >= 0.6 is 65.8 Å². The number of aliphatic hydroxyl groups is 3. The van der Waals surface area contributed by atoms with Crippen molar-refractivity contribution in [3.8, 4) is 0 Å². The fourth-order valence-electron chi connectivity index (χ4n) is 6.79. The molecule has 2 aliphatic heterocycles. The molecule has 2 aliphatic rings. The van der Waals surface area contributed by atoms with Crippen LogP contribution in [0.15, 0.2) is 85.5 Å². The number of carbonyl (C=O) groups is 6. The van der Waals surface area contributed by atoms with Gasteiger partial charge in [-0.1, -0.05) is 93.1 Å². The van der Waals surface area contributed by atoms with Gasteiger partial charge in [0.2, 0.25) is 11.0 Å². The molecule has 7 rings (SSSR count). The highest BCUT2D eigenvalue weighted by Crippen LogP contribution is 2.37. The maximum absolute atomic E-state index is 13.0. The van der Waals surface area contributed by atoms with E-state index in [2.05, 4.69) is 42.9 Å². The molecule has 71 heavy (non-hydrogen) atoms. The minimum atomic E-state index is -1.63. The number of imide groups is 1. The van der Waals surface area contributed by atoms with Crippen molar-refractivity contribution in [1.82, 2.24) is 24.4 Å². The number of hydrogen-bond donors (Lipinski definition) is 4. The lowest BCUT2D eigenvalue weighted by atomic mass is 10.1. The van der Waals surface area contributed by atoms with Crippen LogP contribution in [0.4, 0.5) is 22.0 Å². The van der Waals surface area contributed by atoms with Crippen LogP contribution in [-0.4, -0.2) is 144 Å². The van der Waals surface area contributed by atoms with Crippen LogP contribution in [0.2, 0.25) is 0 Å². The molecule has 3 amide bonds. The summed E-state index contributed by atoms with van der Waals surface area (Å²) in [6.07, 6.45) is -0.599. The van der Waals surface area contributed by atoms with E-state index in [-0.39, 0.29) is 36.8 Å². The molecule has 25 heteroatoms. The first kappa shape index (κ1) is 55.1. The molecule has 1 saturated heterocycles. The number of benzene rings is 3. The van der Waals surface area contributed by atoms with Gasteiger partial charge in [0.15, 0.2) is 29.3 Å². The van der Waals surface area contributed by atoms with E-state index < -0.39 is 55.5 Å². The number of carbonyl (C=O) groups excluding carboxylic acids is 6. The summed E-state index contributed by atoms with van der Waals surface area (Å²) in [5, 5.41) is 32.9. The van der Waals surface area contributed by atoms with Gasteiger partial charge in [-0.25, -0.2) is 24.6 Å². The smallest absolute Gasteiger partial charge is 0.416 e. The highest BCUT2D eigenvalue weighted by molar-refractivity contribution is 14.1. The molecular weight excluding hydrogens is 1110 g/mol. The number of aliphatic hydroxyl groups excluding tert-OH is 3. The van der Waals surface area contributed by atoms with Crippen molar-refractivity contribution in [1.29, 1.82) is 0 Å². The number of imidazole rings is 1. The van der Waals surface area contributed by atoms with Crippen LogP contribution in [0.1, 0.15) is 36.3 Å². The van der Waals surface area contributed by atoms with Gasteiger partial charge in [-0.2, -0.15) is 0 Å². The van der Waals surface area contributed by atoms with E-state index in [1.165, 1.54) is 63.6 Å². The first-order chi connectivity index (χ1) is 34.3. The third-order valence-electron chi connectivity index (χ3n) is 10.1. The summed E-state index contributed by atoms with van der Waals surface area (Å²) in [5.74, 6) is -0.356. The van der Waals surface area contributed by atoms with Crippen molar-refractivity contribution in [2.45, 2.75) is 44.4 Å². The molecule has 4 heterocycles. The molecule has 2 aromatic heterocycles. The topological polar surface area (TPSA) is 262 Å². The molecule has 4 N–H and O–H groups in total. The standard InChI is InChI=1S/C25H29IN6O8S2.C21H19NO5S2/c1-14(33)38-6-8-41-42-9-7-39-25(37)31(2)23(36)20-18(34)19(35)24(40-20)32-13-30-17-21(28-12-29-22(17)32)27-11-15-4-3-5-16(26)10-15;23-14-21(26)29-28-12-11-27-20(25)13-19(24)22-17-7-3-1-5-15(17)9-10-16-6-2-4-8-18(16)22/h3-5,10,12-13,18-20,24,34-35H,6-9,11H2,1-2H3,(H,27,28,29);1-10,23H,11-14H2/t18-,19+,20-,24+;/m0./s1. The summed E-state index contributed by atoms with van der Waals surface area (Å²) < 4.78 is 23.3. The minimum Gasteiger partial charge on any atom is -0.465 e. The van der Waals surface area contributed by atoms with E-state index in [4.69, 9.17) is 24.1 Å². The molecule has 0 aliphatic carbocycles. The molecule has 0 saturated carbocycles. The van der Waals surface area contributed by atoms with Crippen LogP contribution in [0, 0.1) is 3.57 Å². The third-order valence-corrected chi connectivity index (χ3v) is 15.3. The van der Waals surface area contributed by atoms with Crippen molar-refractivity contribution in [3.05, 3.63) is 106 Å². The molecule has 5 aromatic rings. The summed E-state index contributed by atoms with van der Waals surface area (Å²) in [7, 11) is 6.16. The van der Waals surface area contributed by atoms with Gasteiger partial charge in [-0.15, -0.1) is 0 Å². The molecule has 0 unspecified atom stereocenters. The maximum Gasteiger partial charge on any atom is 0.416 e.